The van der Waals surface area contributed by atoms with Crippen LogP contribution in [0.1, 0.15) is 12.8 Å². The largest absolute Gasteiger partial charge is 0.463 e. The Bertz CT molecular complexity index is 295. The van der Waals surface area contributed by atoms with Crippen molar-refractivity contribution < 1.29 is 9.53 Å². The Morgan fingerprint density at radius 2 is 2.00 bits per heavy atom. The topological polar surface area (TPSA) is 30.7 Å². The van der Waals surface area contributed by atoms with Crippen LogP contribution in [0.25, 0.3) is 4.85 Å². The molecule has 0 saturated heterocycles. The average Bonchev–Trinajstić information content (AvgIpc) is 2.16. The van der Waals surface area contributed by atoms with Gasteiger partial charge in [-0.25, -0.2) is 11.4 Å². The fraction of sp³-hybridized carbons (Fsp3) is 0.400. The Hall–Kier alpha value is -1.92. The van der Waals surface area contributed by atoms with Gasteiger partial charge in [-0.2, -0.15) is 0 Å². The monoisotopic (exact) mass is 175 g/mol. The van der Waals surface area contributed by atoms with E-state index in [0.717, 1.165) is 0 Å². The van der Waals surface area contributed by atoms with E-state index >= 15 is 0 Å². The number of carbonyl (C=O) groups excluding carboxylic acids is 1. The molecule has 0 aliphatic heterocycles. The standard InChI is InChI=1S/C10H9NO2/c1-5-7-10(11-3,8-6-2)9(12)13-4/h1-2H,7-8H2,4H3. The van der Waals surface area contributed by atoms with Crippen molar-refractivity contribution in [3.63, 3.8) is 0 Å². The SMILES string of the molecule is [C-]#[N+]C(CC#C)(CC#C)C(=O)OC. The highest BCUT2D eigenvalue weighted by molar-refractivity contribution is 5.83. The maximum atomic E-state index is 11.2. The van der Waals surface area contributed by atoms with E-state index in [9.17, 15) is 4.79 Å². The van der Waals surface area contributed by atoms with Crippen molar-refractivity contribution in [1.29, 1.82) is 0 Å². The summed E-state index contributed by atoms with van der Waals surface area (Å²) in [5, 5.41) is 0. The maximum Gasteiger partial charge on any atom is 0.395 e. The first-order valence-electron chi connectivity index (χ1n) is 3.51. The molecule has 0 aromatic rings. The summed E-state index contributed by atoms with van der Waals surface area (Å²) < 4.78 is 4.47. The molecule has 0 aromatic heterocycles. The second-order valence-electron chi connectivity index (χ2n) is 2.40. The Morgan fingerprint density at radius 1 is 1.54 bits per heavy atom. The van der Waals surface area contributed by atoms with Crippen molar-refractivity contribution in [2.45, 2.75) is 18.4 Å². The Kier molecular flexibility index (Phi) is 4.14. The van der Waals surface area contributed by atoms with Gasteiger partial charge >= 0.3 is 11.5 Å². The lowest BCUT2D eigenvalue weighted by Crippen LogP contribution is -2.35. The van der Waals surface area contributed by atoms with E-state index in [4.69, 9.17) is 19.4 Å². The van der Waals surface area contributed by atoms with E-state index in [1.807, 2.05) is 0 Å². The van der Waals surface area contributed by atoms with Crippen LogP contribution in [0.15, 0.2) is 0 Å². The van der Waals surface area contributed by atoms with Crippen LogP contribution < -0.4 is 0 Å². The number of esters is 1. The minimum absolute atomic E-state index is 0.0205. The van der Waals surface area contributed by atoms with Crippen molar-refractivity contribution in [3.05, 3.63) is 11.4 Å². The van der Waals surface area contributed by atoms with Crippen LogP contribution in [0.4, 0.5) is 0 Å². The van der Waals surface area contributed by atoms with Gasteiger partial charge in [0, 0.05) is 0 Å². The highest BCUT2D eigenvalue weighted by Crippen LogP contribution is 2.21. The molecular formula is C10H9NO2. The molecule has 0 spiro atoms. The van der Waals surface area contributed by atoms with E-state index in [-0.39, 0.29) is 12.8 Å². The zero-order valence-corrected chi connectivity index (χ0v) is 7.33. The number of nitrogens with zero attached hydrogens (tertiary/aromatic N) is 1. The third-order valence-corrected chi connectivity index (χ3v) is 1.57. The van der Waals surface area contributed by atoms with Gasteiger partial charge in [0.2, 0.25) is 0 Å². The molecule has 0 bridgehead atoms. The molecule has 66 valence electrons. The fourth-order valence-electron chi connectivity index (χ4n) is 0.859. The predicted molar refractivity (Wildman–Crippen MR) is 48.2 cm³/mol. The van der Waals surface area contributed by atoms with Gasteiger partial charge in [0.1, 0.15) is 0 Å². The molecule has 3 nitrogen and oxygen atoms in total. The lowest BCUT2D eigenvalue weighted by atomic mass is 9.93. The highest BCUT2D eigenvalue weighted by Gasteiger charge is 2.45. The van der Waals surface area contributed by atoms with E-state index in [0.29, 0.717) is 0 Å². The van der Waals surface area contributed by atoms with Crippen molar-refractivity contribution in [1.82, 2.24) is 0 Å². The van der Waals surface area contributed by atoms with Crippen molar-refractivity contribution in [2.75, 3.05) is 7.11 Å². The third kappa shape index (κ3) is 2.26. The van der Waals surface area contributed by atoms with E-state index < -0.39 is 11.5 Å². The number of hydrogen-bond acceptors (Lipinski definition) is 2. The van der Waals surface area contributed by atoms with Gasteiger partial charge in [-0.1, -0.05) is 11.8 Å². The van der Waals surface area contributed by atoms with Gasteiger partial charge in [0.15, 0.2) is 0 Å². The van der Waals surface area contributed by atoms with Crippen LogP contribution in [0, 0.1) is 31.3 Å². The maximum absolute atomic E-state index is 11.2. The molecule has 0 radical (unpaired) electrons. The second-order valence-corrected chi connectivity index (χ2v) is 2.40. The number of methoxy groups -OCH3 is 1. The molecule has 0 unspecified atom stereocenters. The minimum Gasteiger partial charge on any atom is -0.463 e. The summed E-state index contributed by atoms with van der Waals surface area (Å²) >= 11 is 0. The van der Waals surface area contributed by atoms with Gasteiger partial charge in [0.25, 0.3) is 0 Å². The van der Waals surface area contributed by atoms with Crippen LogP contribution in [0.2, 0.25) is 0 Å². The zero-order valence-electron chi connectivity index (χ0n) is 7.33. The normalized spacial score (nSPS) is 9.08. The zero-order chi connectivity index (χ0) is 10.3. The summed E-state index contributed by atoms with van der Waals surface area (Å²) in [6.07, 6.45) is 10.0. The smallest absolute Gasteiger partial charge is 0.395 e. The van der Waals surface area contributed by atoms with Gasteiger partial charge in [-0.05, 0) is 0 Å². The molecule has 0 aromatic carbocycles. The summed E-state index contributed by atoms with van der Waals surface area (Å²) in [4.78, 5) is 14.4. The molecular weight excluding hydrogens is 166 g/mol. The Labute approximate surface area is 77.9 Å². The lowest BCUT2D eigenvalue weighted by molar-refractivity contribution is -0.145. The molecule has 0 fully saturated rings. The van der Waals surface area contributed by atoms with E-state index in [1.54, 1.807) is 0 Å². The van der Waals surface area contributed by atoms with Crippen molar-refractivity contribution >= 4 is 5.97 Å². The summed E-state index contributed by atoms with van der Waals surface area (Å²) in [6.45, 7) is 6.88. The van der Waals surface area contributed by atoms with Crippen LogP contribution in [0.5, 0.6) is 0 Å². The molecule has 0 aliphatic carbocycles. The molecule has 3 heteroatoms. The van der Waals surface area contributed by atoms with Gasteiger partial charge in [0.05, 0.1) is 20.0 Å². The van der Waals surface area contributed by atoms with Crippen molar-refractivity contribution in [2.24, 2.45) is 0 Å². The van der Waals surface area contributed by atoms with Crippen LogP contribution >= 0.6 is 0 Å². The van der Waals surface area contributed by atoms with E-state index in [2.05, 4.69) is 21.4 Å². The first kappa shape index (κ1) is 11.1. The third-order valence-electron chi connectivity index (χ3n) is 1.57. The van der Waals surface area contributed by atoms with Gasteiger partial charge in [-0.3, -0.25) is 4.85 Å². The Balaban J connectivity index is 4.93. The molecule has 0 heterocycles. The molecule has 0 amide bonds. The summed E-state index contributed by atoms with van der Waals surface area (Å²) in [6, 6.07) is 0. The Morgan fingerprint density at radius 3 is 2.23 bits per heavy atom. The summed E-state index contributed by atoms with van der Waals surface area (Å²) in [7, 11) is 1.20. The number of hydrogen-bond donors (Lipinski definition) is 0. The van der Waals surface area contributed by atoms with Crippen LogP contribution in [0.3, 0.4) is 0 Å². The van der Waals surface area contributed by atoms with Crippen molar-refractivity contribution in [3.8, 4) is 24.7 Å². The molecule has 0 aliphatic rings. The lowest BCUT2D eigenvalue weighted by Gasteiger charge is -2.13. The first-order chi connectivity index (χ1) is 6.16. The highest BCUT2D eigenvalue weighted by atomic mass is 16.5. The number of terminal acetylenes is 2. The average molecular weight is 175 g/mol. The van der Waals surface area contributed by atoms with Gasteiger partial charge in [-0.15, -0.1) is 12.8 Å². The summed E-state index contributed by atoms with van der Waals surface area (Å²) in [5.41, 5.74) is -1.39. The van der Waals surface area contributed by atoms with Gasteiger partial charge < -0.3 is 4.74 Å². The second kappa shape index (κ2) is 4.86. The fourth-order valence-corrected chi connectivity index (χ4v) is 0.859. The molecule has 13 heavy (non-hydrogen) atoms. The molecule has 0 atom stereocenters. The van der Waals surface area contributed by atoms with Crippen LogP contribution in [-0.4, -0.2) is 18.6 Å². The number of rotatable bonds is 3. The quantitative estimate of drug-likeness (QED) is 0.362. The first-order valence-corrected chi connectivity index (χ1v) is 3.51. The minimum atomic E-state index is -1.39. The van der Waals surface area contributed by atoms with Crippen LogP contribution in [-0.2, 0) is 9.53 Å². The predicted octanol–water partition coefficient (Wildman–Crippen LogP) is 0.864. The summed E-state index contributed by atoms with van der Waals surface area (Å²) in [5.74, 6) is 3.83. The molecule has 0 saturated carbocycles. The molecule has 0 rings (SSSR count). The number of ether oxygens (including phenoxy) is 1. The number of carbonyl (C=O) groups is 1. The van der Waals surface area contributed by atoms with E-state index in [1.165, 1.54) is 7.11 Å². The molecule has 0 N–H and O–H groups in total.